The van der Waals surface area contributed by atoms with Gasteiger partial charge in [-0.05, 0) is 42.5 Å². The first kappa shape index (κ1) is 18.9. The number of carbonyl (C=O) groups excluding carboxylic acids is 1. The van der Waals surface area contributed by atoms with Gasteiger partial charge in [0.25, 0.3) is 0 Å². The standard InChI is InChI=1S/C25H25NO4/c1-15-9-16(2)13-26(12-15)14-20-21(27)8-7-19-24(28)23(30-25(19)20)11-18-10-17-5-3-4-6-22(17)29-18/h3-8,10-11,15-16,27H,9,12-14H2,1-2H3/b23-11-/t15-,16+. The van der Waals surface area contributed by atoms with Crippen molar-refractivity contribution >= 4 is 22.8 Å². The summed E-state index contributed by atoms with van der Waals surface area (Å²) in [5.74, 6) is 2.45. The lowest BCUT2D eigenvalue weighted by atomic mass is 9.91. The Labute approximate surface area is 175 Å². The van der Waals surface area contributed by atoms with Gasteiger partial charge in [-0.1, -0.05) is 32.0 Å². The Balaban J connectivity index is 1.46. The summed E-state index contributed by atoms with van der Waals surface area (Å²) >= 11 is 0. The molecule has 0 bridgehead atoms. The monoisotopic (exact) mass is 403 g/mol. The van der Waals surface area contributed by atoms with E-state index in [4.69, 9.17) is 9.15 Å². The second-order valence-corrected chi connectivity index (χ2v) is 8.71. The maximum absolute atomic E-state index is 12.9. The van der Waals surface area contributed by atoms with Crippen LogP contribution >= 0.6 is 0 Å². The number of nitrogens with zero attached hydrogens (tertiary/aromatic N) is 1. The number of carbonyl (C=O) groups is 1. The van der Waals surface area contributed by atoms with Crippen LogP contribution in [0.25, 0.3) is 17.0 Å². The van der Waals surface area contributed by atoms with Crippen molar-refractivity contribution in [2.24, 2.45) is 11.8 Å². The minimum atomic E-state index is -0.188. The molecule has 3 aromatic rings. The lowest BCUT2D eigenvalue weighted by molar-refractivity contribution is 0.101. The molecule has 5 heteroatoms. The van der Waals surface area contributed by atoms with E-state index in [9.17, 15) is 9.90 Å². The maximum atomic E-state index is 12.9. The van der Waals surface area contributed by atoms with Crippen LogP contribution in [0.2, 0.25) is 0 Å². The zero-order chi connectivity index (χ0) is 20.8. The molecule has 3 heterocycles. The van der Waals surface area contributed by atoms with Crippen molar-refractivity contribution in [3.8, 4) is 11.5 Å². The Morgan fingerprint density at radius 3 is 2.67 bits per heavy atom. The van der Waals surface area contributed by atoms with Gasteiger partial charge in [0, 0.05) is 31.1 Å². The van der Waals surface area contributed by atoms with Gasteiger partial charge >= 0.3 is 0 Å². The number of benzene rings is 2. The Morgan fingerprint density at radius 1 is 1.13 bits per heavy atom. The molecule has 154 valence electrons. The maximum Gasteiger partial charge on any atom is 0.232 e. The highest BCUT2D eigenvalue weighted by molar-refractivity contribution is 6.15. The molecule has 1 aromatic heterocycles. The summed E-state index contributed by atoms with van der Waals surface area (Å²) in [7, 11) is 0. The molecule has 5 nitrogen and oxygen atoms in total. The number of ketones is 1. The number of Topliss-reactive ketones (excluding diaryl/α,β-unsaturated/α-hetero) is 1. The summed E-state index contributed by atoms with van der Waals surface area (Å²) in [5, 5.41) is 11.5. The first-order valence-corrected chi connectivity index (χ1v) is 10.5. The molecule has 1 N–H and O–H groups in total. The van der Waals surface area contributed by atoms with Gasteiger partial charge in [-0.15, -0.1) is 0 Å². The van der Waals surface area contributed by atoms with E-state index in [0.29, 0.717) is 41.0 Å². The van der Waals surface area contributed by atoms with E-state index in [1.165, 1.54) is 6.42 Å². The van der Waals surface area contributed by atoms with Gasteiger partial charge in [-0.2, -0.15) is 0 Å². The van der Waals surface area contributed by atoms with E-state index in [1.807, 2.05) is 30.3 Å². The van der Waals surface area contributed by atoms with Gasteiger partial charge in [-0.25, -0.2) is 0 Å². The number of phenolic OH excluding ortho intramolecular Hbond substituents is 1. The van der Waals surface area contributed by atoms with E-state index in [1.54, 1.807) is 18.2 Å². The van der Waals surface area contributed by atoms with Crippen molar-refractivity contribution in [3.63, 3.8) is 0 Å². The van der Waals surface area contributed by atoms with Gasteiger partial charge in [0.2, 0.25) is 5.78 Å². The largest absolute Gasteiger partial charge is 0.507 e. The van der Waals surface area contributed by atoms with Crippen LogP contribution in [0, 0.1) is 11.8 Å². The van der Waals surface area contributed by atoms with E-state index in [0.717, 1.165) is 24.1 Å². The van der Waals surface area contributed by atoms with E-state index in [2.05, 4.69) is 18.7 Å². The topological polar surface area (TPSA) is 62.9 Å². The van der Waals surface area contributed by atoms with Crippen molar-refractivity contribution in [2.45, 2.75) is 26.8 Å². The molecule has 0 spiro atoms. The molecule has 2 aliphatic heterocycles. The van der Waals surface area contributed by atoms with Crippen LogP contribution in [0.5, 0.6) is 11.5 Å². The molecule has 0 aliphatic carbocycles. The first-order valence-electron chi connectivity index (χ1n) is 10.5. The minimum absolute atomic E-state index is 0.164. The third-order valence-corrected chi connectivity index (χ3v) is 5.96. The average molecular weight is 403 g/mol. The normalized spacial score (nSPS) is 23.1. The number of hydrogen-bond acceptors (Lipinski definition) is 5. The second-order valence-electron chi connectivity index (χ2n) is 8.71. The van der Waals surface area contributed by atoms with Gasteiger partial charge < -0.3 is 14.3 Å². The van der Waals surface area contributed by atoms with E-state index in [-0.39, 0.29) is 17.3 Å². The molecule has 30 heavy (non-hydrogen) atoms. The number of hydrogen-bond donors (Lipinski definition) is 1. The van der Waals surface area contributed by atoms with Gasteiger partial charge in [-0.3, -0.25) is 9.69 Å². The number of piperidine rings is 1. The molecule has 0 radical (unpaired) electrons. The highest BCUT2D eigenvalue weighted by Gasteiger charge is 2.33. The first-order chi connectivity index (χ1) is 14.5. The lowest BCUT2D eigenvalue weighted by Gasteiger charge is -2.35. The third kappa shape index (κ3) is 3.39. The van der Waals surface area contributed by atoms with Crippen LogP contribution in [-0.4, -0.2) is 28.9 Å². The molecule has 0 amide bonds. The van der Waals surface area contributed by atoms with Crippen LogP contribution in [0.4, 0.5) is 0 Å². The summed E-state index contributed by atoms with van der Waals surface area (Å²) in [6, 6.07) is 12.8. The van der Waals surface area contributed by atoms with E-state index >= 15 is 0 Å². The number of allylic oxidation sites excluding steroid dienone is 1. The number of likely N-dealkylation sites (tertiary alicyclic amines) is 1. The smallest absolute Gasteiger partial charge is 0.232 e. The van der Waals surface area contributed by atoms with Crippen LogP contribution in [0.3, 0.4) is 0 Å². The molecule has 2 aromatic carbocycles. The van der Waals surface area contributed by atoms with Gasteiger partial charge in [0.05, 0.1) is 11.1 Å². The molecule has 1 fully saturated rings. The lowest BCUT2D eigenvalue weighted by Crippen LogP contribution is -2.38. The molecule has 2 atom stereocenters. The number of aromatic hydroxyl groups is 1. The molecule has 0 unspecified atom stereocenters. The van der Waals surface area contributed by atoms with E-state index < -0.39 is 0 Å². The molecule has 0 saturated carbocycles. The SMILES string of the molecule is C[C@@H]1C[C@H](C)CN(Cc2c(O)ccc3c2O/C(=C\c2cc4ccccc4o2)C3=O)C1. The number of fused-ring (bicyclic) bond motifs is 2. The minimum Gasteiger partial charge on any atom is -0.507 e. The Kier molecular flexibility index (Phi) is 4.63. The predicted octanol–water partition coefficient (Wildman–Crippen LogP) is 5.23. The van der Waals surface area contributed by atoms with Crippen molar-refractivity contribution in [1.29, 1.82) is 0 Å². The van der Waals surface area contributed by atoms with Gasteiger partial charge in [0.15, 0.2) is 5.76 Å². The second kappa shape index (κ2) is 7.33. The summed E-state index contributed by atoms with van der Waals surface area (Å²) in [6.45, 7) is 7.03. The number of phenols is 1. The van der Waals surface area contributed by atoms with Gasteiger partial charge in [0.1, 0.15) is 22.8 Å². The Morgan fingerprint density at radius 2 is 1.90 bits per heavy atom. The average Bonchev–Trinajstić information content (AvgIpc) is 3.24. The predicted molar refractivity (Wildman–Crippen MR) is 115 cm³/mol. The molecular weight excluding hydrogens is 378 g/mol. The summed E-state index contributed by atoms with van der Waals surface area (Å²) in [6.07, 6.45) is 2.85. The highest BCUT2D eigenvalue weighted by Crippen LogP contribution is 2.41. The molecule has 1 saturated heterocycles. The zero-order valence-electron chi connectivity index (χ0n) is 17.2. The van der Waals surface area contributed by atoms with Crippen LogP contribution in [0.15, 0.2) is 52.6 Å². The third-order valence-electron chi connectivity index (χ3n) is 5.96. The fraction of sp³-hybridized carbons (Fsp3) is 0.320. The molecular formula is C25H25NO4. The van der Waals surface area contributed by atoms with Crippen molar-refractivity contribution in [3.05, 3.63) is 65.1 Å². The number of furan rings is 1. The Hall–Kier alpha value is -3.05. The quantitative estimate of drug-likeness (QED) is 0.607. The summed E-state index contributed by atoms with van der Waals surface area (Å²) < 4.78 is 11.8. The van der Waals surface area contributed by atoms with Crippen molar-refractivity contribution in [2.75, 3.05) is 13.1 Å². The van der Waals surface area contributed by atoms with Crippen LogP contribution in [-0.2, 0) is 6.54 Å². The highest BCUT2D eigenvalue weighted by atomic mass is 16.5. The van der Waals surface area contributed by atoms with Crippen molar-refractivity contribution < 1.29 is 19.1 Å². The number of ether oxygens (including phenoxy) is 1. The summed E-state index contributed by atoms with van der Waals surface area (Å²) in [4.78, 5) is 15.3. The zero-order valence-corrected chi connectivity index (χ0v) is 17.2. The molecule has 5 rings (SSSR count). The fourth-order valence-electron chi connectivity index (χ4n) is 4.80. The van der Waals surface area contributed by atoms with Crippen LogP contribution < -0.4 is 4.74 Å². The molecule has 2 aliphatic rings. The summed E-state index contributed by atoms with van der Waals surface area (Å²) in [5.41, 5.74) is 1.93. The number of rotatable bonds is 3. The van der Waals surface area contributed by atoms with Crippen molar-refractivity contribution in [1.82, 2.24) is 4.90 Å². The van der Waals surface area contributed by atoms with Crippen LogP contribution in [0.1, 0.15) is 41.9 Å². The fourth-order valence-corrected chi connectivity index (χ4v) is 4.80. The number of para-hydroxylation sites is 1. The Bertz CT molecular complexity index is 1120.